The molecule has 0 radical (unpaired) electrons. The van der Waals surface area contributed by atoms with E-state index in [2.05, 4.69) is 13.8 Å². The fraction of sp³-hybridized carbons (Fsp3) is 0.286. The standard InChI is InChI=1S/C21H22ClN3O12P2/c22-14-3-1-2-12(8-14)13-4-6-23-15(9-13)10-25-17(26)5-7-24(21(25)29)20-19(28)18(27)16(36-20)11-35-39(33,34)37-38(30,31)32/h1-9,16,18-20,27-28H,10-11H2,(H,33,34)(H2,30,31,32)/t16-,18?,19?,20-/m1/s1. The molecule has 3 unspecified atom stereocenters. The summed E-state index contributed by atoms with van der Waals surface area (Å²) in [5.41, 5.74) is 0.263. The quantitative estimate of drug-likeness (QED) is 0.211. The lowest BCUT2D eigenvalue weighted by atomic mass is 10.1. The second-order valence-electron chi connectivity index (χ2n) is 8.36. The highest BCUT2D eigenvalue weighted by Crippen LogP contribution is 2.57. The lowest BCUT2D eigenvalue weighted by Crippen LogP contribution is -2.43. The third kappa shape index (κ3) is 7.17. The van der Waals surface area contributed by atoms with Gasteiger partial charge in [-0.15, -0.1) is 0 Å². The van der Waals surface area contributed by atoms with Crippen molar-refractivity contribution in [2.24, 2.45) is 0 Å². The molecular formula is C21H22ClN3O12P2. The number of benzene rings is 1. The average Bonchev–Trinajstić information content (AvgIpc) is 3.13. The summed E-state index contributed by atoms with van der Waals surface area (Å²) in [6.45, 7) is -1.20. The van der Waals surface area contributed by atoms with Gasteiger partial charge in [0.1, 0.15) is 18.3 Å². The molecule has 0 saturated carbocycles. The van der Waals surface area contributed by atoms with Crippen LogP contribution in [0.1, 0.15) is 11.9 Å². The van der Waals surface area contributed by atoms with E-state index in [0.29, 0.717) is 10.7 Å². The molecule has 0 amide bonds. The van der Waals surface area contributed by atoms with E-state index in [1.807, 2.05) is 6.07 Å². The predicted octanol–water partition coefficient (Wildman–Crippen LogP) is 0.619. The van der Waals surface area contributed by atoms with Crippen LogP contribution in [0.3, 0.4) is 0 Å². The number of pyridine rings is 1. The maximum Gasteiger partial charge on any atom is 0.481 e. The maximum atomic E-state index is 13.2. The van der Waals surface area contributed by atoms with Crippen LogP contribution in [0.25, 0.3) is 11.1 Å². The number of aliphatic hydroxyl groups is 2. The monoisotopic (exact) mass is 605 g/mol. The summed E-state index contributed by atoms with van der Waals surface area (Å²) in [6.07, 6.45) is -4.05. The van der Waals surface area contributed by atoms with E-state index in [9.17, 15) is 33.8 Å². The van der Waals surface area contributed by atoms with E-state index >= 15 is 0 Å². The normalized spacial score (nSPS) is 23.0. The molecule has 210 valence electrons. The minimum Gasteiger partial charge on any atom is -0.387 e. The van der Waals surface area contributed by atoms with Gasteiger partial charge in [0.2, 0.25) is 0 Å². The van der Waals surface area contributed by atoms with Crippen LogP contribution in [-0.2, 0) is 29.2 Å². The predicted molar refractivity (Wildman–Crippen MR) is 134 cm³/mol. The van der Waals surface area contributed by atoms with Crippen molar-refractivity contribution in [2.45, 2.75) is 31.1 Å². The van der Waals surface area contributed by atoms with Gasteiger partial charge in [-0.3, -0.25) is 23.4 Å². The van der Waals surface area contributed by atoms with Crippen molar-refractivity contribution in [1.82, 2.24) is 14.1 Å². The minimum atomic E-state index is -5.38. The maximum absolute atomic E-state index is 13.2. The molecule has 4 rings (SSSR count). The number of ether oxygens (including phenoxy) is 1. The van der Waals surface area contributed by atoms with E-state index in [1.165, 1.54) is 6.20 Å². The molecule has 0 spiro atoms. The van der Waals surface area contributed by atoms with E-state index in [-0.39, 0.29) is 6.54 Å². The molecule has 0 aliphatic carbocycles. The number of rotatable bonds is 9. The van der Waals surface area contributed by atoms with Crippen LogP contribution in [0.4, 0.5) is 0 Å². The molecular weight excluding hydrogens is 584 g/mol. The molecule has 18 heteroatoms. The lowest BCUT2D eigenvalue weighted by molar-refractivity contribution is -0.0547. The van der Waals surface area contributed by atoms with Gasteiger partial charge in [0, 0.05) is 23.5 Å². The number of phosphoric acid groups is 2. The van der Waals surface area contributed by atoms with Crippen LogP contribution >= 0.6 is 27.2 Å². The Hall–Kier alpha value is -2.52. The Morgan fingerprint density at radius 1 is 1.03 bits per heavy atom. The highest BCUT2D eigenvalue weighted by atomic mass is 35.5. The molecule has 15 nitrogen and oxygen atoms in total. The van der Waals surface area contributed by atoms with Gasteiger partial charge in [-0.1, -0.05) is 23.7 Å². The van der Waals surface area contributed by atoms with Crippen LogP contribution < -0.4 is 11.2 Å². The number of hydrogen-bond donors (Lipinski definition) is 5. The lowest BCUT2D eigenvalue weighted by Gasteiger charge is -2.19. The average molecular weight is 606 g/mol. The van der Waals surface area contributed by atoms with E-state index < -0.39 is 58.0 Å². The number of nitrogens with zero attached hydrogens (tertiary/aromatic N) is 3. The van der Waals surface area contributed by atoms with Gasteiger partial charge >= 0.3 is 21.3 Å². The molecule has 3 heterocycles. The Morgan fingerprint density at radius 2 is 1.74 bits per heavy atom. The molecule has 0 bridgehead atoms. The first-order chi connectivity index (χ1) is 18.2. The molecule has 5 atom stereocenters. The summed E-state index contributed by atoms with van der Waals surface area (Å²) in [6, 6.07) is 11.5. The molecule has 1 saturated heterocycles. The summed E-state index contributed by atoms with van der Waals surface area (Å²) in [5, 5.41) is 21.3. The number of hydrogen-bond acceptors (Lipinski definition) is 10. The van der Waals surface area contributed by atoms with Gasteiger partial charge < -0.3 is 29.6 Å². The number of aromatic nitrogens is 3. The zero-order chi connectivity index (χ0) is 28.5. The van der Waals surface area contributed by atoms with Crippen LogP contribution in [0.5, 0.6) is 0 Å². The van der Waals surface area contributed by atoms with Crippen LogP contribution in [0.2, 0.25) is 5.02 Å². The Kier molecular flexibility index (Phi) is 8.71. The van der Waals surface area contributed by atoms with Gasteiger partial charge in [0.25, 0.3) is 5.56 Å². The second kappa shape index (κ2) is 11.5. The SMILES string of the molecule is O=c1ccn([C@@H]2O[C@H](COP(=O)(O)OP(=O)(O)O)C(O)C2O)c(=O)n1Cc1cc(-c2cccc(Cl)c2)ccn1. The fourth-order valence-electron chi connectivity index (χ4n) is 3.87. The summed E-state index contributed by atoms with van der Waals surface area (Å²) >= 11 is 6.06. The fourth-order valence-corrected chi connectivity index (χ4v) is 5.66. The minimum absolute atomic E-state index is 0.252. The van der Waals surface area contributed by atoms with Gasteiger partial charge in [-0.2, -0.15) is 4.31 Å². The van der Waals surface area contributed by atoms with Crippen molar-refractivity contribution in [1.29, 1.82) is 0 Å². The first-order valence-corrected chi connectivity index (χ1v) is 14.4. The van der Waals surface area contributed by atoms with E-state index in [4.69, 9.17) is 26.1 Å². The highest BCUT2D eigenvalue weighted by molar-refractivity contribution is 7.60. The van der Waals surface area contributed by atoms with Crippen molar-refractivity contribution in [3.63, 3.8) is 0 Å². The van der Waals surface area contributed by atoms with Crippen LogP contribution in [0.15, 0.2) is 64.4 Å². The van der Waals surface area contributed by atoms with Gasteiger partial charge in [0.05, 0.1) is 18.8 Å². The third-order valence-corrected chi connectivity index (χ3v) is 8.00. The van der Waals surface area contributed by atoms with E-state index in [1.54, 1.807) is 30.3 Å². The zero-order valence-electron chi connectivity index (χ0n) is 19.6. The van der Waals surface area contributed by atoms with Crippen molar-refractivity contribution in [3.8, 4) is 11.1 Å². The molecule has 1 fully saturated rings. The van der Waals surface area contributed by atoms with Crippen LogP contribution in [0, 0.1) is 0 Å². The van der Waals surface area contributed by atoms with Gasteiger partial charge in [-0.05, 0) is 35.4 Å². The van der Waals surface area contributed by atoms with E-state index in [0.717, 1.165) is 32.5 Å². The molecule has 2 aromatic heterocycles. The van der Waals surface area contributed by atoms with Crippen molar-refractivity contribution >= 4 is 27.2 Å². The summed E-state index contributed by atoms with van der Waals surface area (Å²) in [7, 11) is -10.6. The summed E-state index contributed by atoms with van der Waals surface area (Å²) < 4.78 is 37.7. The Bertz CT molecular complexity index is 1570. The first-order valence-electron chi connectivity index (χ1n) is 11.0. The molecule has 1 aromatic carbocycles. The number of halogens is 1. The third-order valence-electron chi connectivity index (χ3n) is 5.61. The number of phosphoric ester groups is 1. The smallest absolute Gasteiger partial charge is 0.387 e. The Labute approximate surface area is 224 Å². The van der Waals surface area contributed by atoms with Gasteiger partial charge in [-0.25, -0.2) is 13.9 Å². The van der Waals surface area contributed by atoms with Crippen LogP contribution in [-0.4, -0.2) is 63.9 Å². The summed E-state index contributed by atoms with van der Waals surface area (Å²) in [5.74, 6) is 0. The molecule has 1 aliphatic rings. The second-order valence-corrected chi connectivity index (χ2v) is 11.6. The first kappa shape index (κ1) is 29.5. The molecule has 3 aromatic rings. The van der Waals surface area contributed by atoms with Crippen molar-refractivity contribution in [3.05, 3.63) is 86.4 Å². The largest absolute Gasteiger partial charge is 0.481 e. The van der Waals surface area contributed by atoms with Crippen molar-refractivity contribution < 1.29 is 47.6 Å². The number of aliphatic hydroxyl groups excluding tert-OH is 2. The Balaban J connectivity index is 1.55. The molecule has 39 heavy (non-hydrogen) atoms. The molecule has 5 N–H and O–H groups in total. The topological polar surface area (TPSA) is 220 Å². The molecule has 1 aliphatic heterocycles. The van der Waals surface area contributed by atoms with Crippen molar-refractivity contribution in [2.75, 3.05) is 6.61 Å². The summed E-state index contributed by atoms with van der Waals surface area (Å²) in [4.78, 5) is 56.7. The highest BCUT2D eigenvalue weighted by Gasteiger charge is 2.46. The zero-order valence-corrected chi connectivity index (χ0v) is 22.2. The van der Waals surface area contributed by atoms with Gasteiger partial charge in [0.15, 0.2) is 6.23 Å². The Morgan fingerprint density at radius 3 is 2.44 bits per heavy atom.